The lowest BCUT2D eigenvalue weighted by Gasteiger charge is -2.33. The van der Waals surface area contributed by atoms with Crippen molar-refractivity contribution in [3.8, 4) is 0 Å². The van der Waals surface area contributed by atoms with Gasteiger partial charge in [0.05, 0.1) is 6.10 Å². The molecule has 1 unspecified atom stereocenters. The van der Waals surface area contributed by atoms with Gasteiger partial charge < -0.3 is 15.0 Å². The zero-order valence-electron chi connectivity index (χ0n) is 12.2. The first-order chi connectivity index (χ1) is 8.75. The number of ether oxygens (including phenoxy) is 1. The van der Waals surface area contributed by atoms with Crippen molar-refractivity contribution in [2.24, 2.45) is 11.8 Å². The van der Waals surface area contributed by atoms with Crippen LogP contribution in [0.15, 0.2) is 0 Å². The maximum absolute atomic E-state index is 5.61. The highest BCUT2D eigenvalue weighted by Gasteiger charge is 2.21. The number of nitrogens with zero attached hydrogens (tertiary/aromatic N) is 1. The van der Waals surface area contributed by atoms with Crippen LogP contribution in [0.1, 0.15) is 39.5 Å². The van der Waals surface area contributed by atoms with E-state index in [9.17, 15) is 0 Å². The molecule has 0 amide bonds. The van der Waals surface area contributed by atoms with Crippen molar-refractivity contribution in [1.29, 1.82) is 0 Å². The summed E-state index contributed by atoms with van der Waals surface area (Å²) in [6, 6.07) is 0. The van der Waals surface area contributed by atoms with E-state index >= 15 is 0 Å². The van der Waals surface area contributed by atoms with E-state index in [1.807, 2.05) is 0 Å². The van der Waals surface area contributed by atoms with Crippen LogP contribution in [-0.4, -0.2) is 50.3 Å². The number of likely N-dealkylation sites (tertiary alicyclic amines) is 1. The third kappa shape index (κ3) is 4.52. The molecule has 2 rings (SSSR count). The van der Waals surface area contributed by atoms with E-state index in [1.54, 1.807) is 0 Å². The Kier molecular flexibility index (Phi) is 5.93. The van der Waals surface area contributed by atoms with Crippen molar-refractivity contribution < 1.29 is 4.74 Å². The van der Waals surface area contributed by atoms with Crippen molar-refractivity contribution in [2.75, 3.05) is 39.3 Å². The molecule has 3 heteroatoms. The Bertz CT molecular complexity index is 219. The van der Waals surface area contributed by atoms with Crippen LogP contribution in [0.4, 0.5) is 0 Å². The van der Waals surface area contributed by atoms with Crippen LogP contribution in [0, 0.1) is 11.8 Å². The summed E-state index contributed by atoms with van der Waals surface area (Å²) in [5.74, 6) is 1.82. The lowest BCUT2D eigenvalue weighted by atomic mass is 9.87. The summed E-state index contributed by atoms with van der Waals surface area (Å²) >= 11 is 0. The van der Waals surface area contributed by atoms with Gasteiger partial charge in [0.1, 0.15) is 0 Å². The van der Waals surface area contributed by atoms with Crippen LogP contribution in [0.5, 0.6) is 0 Å². The molecule has 0 aliphatic carbocycles. The number of hydrogen-bond donors (Lipinski definition) is 1. The molecule has 0 saturated carbocycles. The Morgan fingerprint density at radius 2 is 2.00 bits per heavy atom. The molecule has 2 fully saturated rings. The molecule has 106 valence electrons. The van der Waals surface area contributed by atoms with Gasteiger partial charge in [0.15, 0.2) is 0 Å². The quantitative estimate of drug-likeness (QED) is 0.735. The van der Waals surface area contributed by atoms with Crippen LogP contribution < -0.4 is 5.32 Å². The third-order valence-corrected chi connectivity index (χ3v) is 4.58. The van der Waals surface area contributed by atoms with Gasteiger partial charge in [-0.2, -0.15) is 0 Å². The summed E-state index contributed by atoms with van der Waals surface area (Å²) in [6.07, 6.45) is 5.76. The summed E-state index contributed by atoms with van der Waals surface area (Å²) in [7, 11) is 0. The zero-order chi connectivity index (χ0) is 12.8. The van der Waals surface area contributed by atoms with E-state index in [0.29, 0.717) is 6.10 Å². The predicted octanol–water partition coefficient (Wildman–Crippen LogP) is 2.12. The second-order valence-corrected chi connectivity index (χ2v) is 6.26. The fourth-order valence-electron chi connectivity index (χ4n) is 3.15. The fraction of sp³-hybridized carbons (Fsp3) is 1.00. The summed E-state index contributed by atoms with van der Waals surface area (Å²) < 4.78 is 5.61. The van der Waals surface area contributed by atoms with Gasteiger partial charge >= 0.3 is 0 Å². The monoisotopic (exact) mass is 254 g/mol. The SMILES string of the molecule is CC(C)C1CCN(CCNCC2CCCO2)CC1. The first-order valence-electron chi connectivity index (χ1n) is 7.80. The van der Waals surface area contributed by atoms with E-state index < -0.39 is 0 Å². The Balaban J connectivity index is 1.50. The van der Waals surface area contributed by atoms with Gasteiger partial charge in [0.25, 0.3) is 0 Å². The van der Waals surface area contributed by atoms with E-state index in [2.05, 4.69) is 24.1 Å². The van der Waals surface area contributed by atoms with Crippen LogP contribution in [0.25, 0.3) is 0 Å². The average Bonchev–Trinajstić information content (AvgIpc) is 2.88. The minimum absolute atomic E-state index is 0.483. The van der Waals surface area contributed by atoms with Gasteiger partial charge in [-0.3, -0.25) is 0 Å². The van der Waals surface area contributed by atoms with Gasteiger partial charge in [0.2, 0.25) is 0 Å². The molecule has 2 heterocycles. The Morgan fingerprint density at radius 1 is 1.22 bits per heavy atom. The topological polar surface area (TPSA) is 24.5 Å². The summed E-state index contributed by atoms with van der Waals surface area (Å²) in [4.78, 5) is 2.61. The number of nitrogens with one attached hydrogen (secondary N) is 1. The van der Waals surface area contributed by atoms with E-state index in [-0.39, 0.29) is 0 Å². The standard InChI is InChI=1S/C15H30N2O/c1-13(2)14-5-8-17(9-6-14)10-7-16-12-15-4-3-11-18-15/h13-16H,3-12H2,1-2H3. The van der Waals surface area contributed by atoms with Crippen LogP contribution in [-0.2, 0) is 4.74 Å². The molecular formula is C15H30N2O. The highest BCUT2D eigenvalue weighted by atomic mass is 16.5. The van der Waals surface area contributed by atoms with Crippen LogP contribution in [0.2, 0.25) is 0 Å². The number of rotatable bonds is 6. The molecule has 2 aliphatic rings. The molecule has 0 spiro atoms. The molecule has 2 aliphatic heterocycles. The molecule has 18 heavy (non-hydrogen) atoms. The molecular weight excluding hydrogens is 224 g/mol. The van der Waals surface area contributed by atoms with Gasteiger partial charge in [-0.15, -0.1) is 0 Å². The normalized spacial score (nSPS) is 27.2. The maximum Gasteiger partial charge on any atom is 0.0700 e. The van der Waals surface area contributed by atoms with Crippen LogP contribution in [0.3, 0.4) is 0 Å². The second kappa shape index (κ2) is 7.46. The van der Waals surface area contributed by atoms with E-state index in [0.717, 1.165) is 31.5 Å². The molecule has 1 N–H and O–H groups in total. The van der Waals surface area contributed by atoms with Gasteiger partial charge in [-0.05, 0) is 50.6 Å². The Morgan fingerprint density at radius 3 is 2.61 bits per heavy atom. The van der Waals surface area contributed by atoms with Crippen molar-refractivity contribution >= 4 is 0 Å². The summed E-state index contributed by atoms with van der Waals surface area (Å²) in [5.41, 5.74) is 0. The largest absolute Gasteiger partial charge is 0.377 e. The predicted molar refractivity (Wildman–Crippen MR) is 75.8 cm³/mol. The minimum Gasteiger partial charge on any atom is -0.377 e. The van der Waals surface area contributed by atoms with Crippen molar-refractivity contribution in [2.45, 2.75) is 45.6 Å². The fourth-order valence-corrected chi connectivity index (χ4v) is 3.15. The molecule has 0 bridgehead atoms. The van der Waals surface area contributed by atoms with E-state index in [4.69, 9.17) is 4.74 Å². The van der Waals surface area contributed by atoms with Crippen molar-refractivity contribution in [3.63, 3.8) is 0 Å². The maximum atomic E-state index is 5.61. The van der Waals surface area contributed by atoms with Gasteiger partial charge in [-0.1, -0.05) is 13.8 Å². The van der Waals surface area contributed by atoms with E-state index in [1.165, 1.54) is 45.3 Å². The molecule has 0 aromatic heterocycles. The highest BCUT2D eigenvalue weighted by molar-refractivity contribution is 4.75. The van der Waals surface area contributed by atoms with Gasteiger partial charge in [-0.25, -0.2) is 0 Å². The van der Waals surface area contributed by atoms with Crippen LogP contribution >= 0.6 is 0 Å². The first-order valence-corrected chi connectivity index (χ1v) is 7.80. The summed E-state index contributed by atoms with van der Waals surface area (Å²) in [5, 5.41) is 3.54. The molecule has 1 atom stereocenters. The molecule has 3 nitrogen and oxygen atoms in total. The third-order valence-electron chi connectivity index (χ3n) is 4.58. The molecule has 0 aromatic carbocycles. The average molecular weight is 254 g/mol. The second-order valence-electron chi connectivity index (χ2n) is 6.26. The zero-order valence-corrected chi connectivity index (χ0v) is 12.2. The number of piperidine rings is 1. The molecule has 0 aromatic rings. The minimum atomic E-state index is 0.483. The smallest absolute Gasteiger partial charge is 0.0700 e. The highest BCUT2D eigenvalue weighted by Crippen LogP contribution is 2.23. The Hall–Kier alpha value is -0.120. The lowest BCUT2D eigenvalue weighted by molar-refractivity contribution is 0.108. The van der Waals surface area contributed by atoms with Crippen molar-refractivity contribution in [3.05, 3.63) is 0 Å². The Labute approximate surface area is 112 Å². The summed E-state index contributed by atoms with van der Waals surface area (Å²) in [6.45, 7) is 11.7. The van der Waals surface area contributed by atoms with Crippen molar-refractivity contribution in [1.82, 2.24) is 10.2 Å². The molecule has 0 radical (unpaired) electrons. The van der Waals surface area contributed by atoms with Gasteiger partial charge in [0, 0.05) is 26.2 Å². The molecule has 2 saturated heterocycles. The lowest BCUT2D eigenvalue weighted by Crippen LogP contribution is -2.40. The first kappa shape index (κ1) is 14.3. The number of hydrogen-bond acceptors (Lipinski definition) is 3.